The zero-order valence-electron chi connectivity index (χ0n) is 15.9. The molecule has 26 heavy (non-hydrogen) atoms. The maximum Gasteiger partial charge on any atom is 0.259 e. The fourth-order valence-corrected chi connectivity index (χ4v) is 4.57. The van der Waals surface area contributed by atoms with Gasteiger partial charge in [-0.05, 0) is 37.2 Å². The number of nitrogens with zero attached hydrogens (tertiary/aromatic N) is 3. The van der Waals surface area contributed by atoms with E-state index in [0.29, 0.717) is 17.4 Å². The Kier molecular flexibility index (Phi) is 4.47. The highest BCUT2D eigenvalue weighted by atomic mass is 16.2. The van der Waals surface area contributed by atoms with Gasteiger partial charge in [0.05, 0.1) is 18.3 Å². The quantitative estimate of drug-likeness (QED) is 0.884. The topological polar surface area (TPSA) is 50.2 Å². The second-order valence-corrected chi connectivity index (χ2v) is 8.20. The number of likely N-dealkylation sites (tertiary alicyclic amines) is 1. The molecule has 1 fully saturated rings. The van der Waals surface area contributed by atoms with E-state index in [-0.39, 0.29) is 18.0 Å². The van der Waals surface area contributed by atoms with Crippen LogP contribution in [0.15, 0.2) is 36.5 Å². The van der Waals surface area contributed by atoms with Crippen molar-refractivity contribution in [3.63, 3.8) is 0 Å². The van der Waals surface area contributed by atoms with E-state index in [1.54, 1.807) is 6.20 Å². The monoisotopic (exact) mass is 352 g/mol. The molecule has 2 aliphatic heterocycles. The minimum absolute atomic E-state index is 0.109. The Morgan fingerprint density at radius 1 is 1.08 bits per heavy atom. The first-order valence-electron chi connectivity index (χ1n) is 9.71. The normalized spacial score (nSPS) is 28.3. The van der Waals surface area contributed by atoms with Crippen LogP contribution in [0.4, 0.5) is 5.82 Å². The molecule has 3 heterocycles. The van der Waals surface area contributed by atoms with E-state index in [1.807, 2.05) is 15.6 Å². The average Bonchev–Trinajstić information content (AvgIpc) is 3.05. The van der Waals surface area contributed by atoms with Gasteiger partial charge in [-0.3, -0.25) is 4.79 Å². The van der Waals surface area contributed by atoms with E-state index >= 15 is 0 Å². The lowest BCUT2D eigenvalue weighted by Crippen LogP contribution is -2.42. The van der Waals surface area contributed by atoms with Crippen molar-refractivity contribution in [1.82, 2.24) is 14.7 Å². The number of carbonyl (C=O) groups is 1. The van der Waals surface area contributed by atoms with Crippen molar-refractivity contribution >= 4 is 11.7 Å². The summed E-state index contributed by atoms with van der Waals surface area (Å²) in [4.78, 5) is 15.2. The number of benzene rings is 1. The number of hydrogen-bond acceptors (Lipinski definition) is 3. The van der Waals surface area contributed by atoms with Gasteiger partial charge in [-0.1, -0.05) is 44.2 Å². The van der Waals surface area contributed by atoms with Crippen molar-refractivity contribution in [2.24, 2.45) is 11.8 Å². The molecule has 138 valence electrons. The van der Waals surface area contributed by atoms with Gasteiger partial charge in [0, 0.05) is 13.1 Å². The van der Waals surface area contributed by atoms with Crippen LogP contribution in [-0.4, -0.2) is 33.7 Å². The van der Waals surface area contributed by atoms with E-state index in [2.05, 4.69) is 55.5 Å². The number of piperidine rings is 1. The molecule has 5 heteroatoms. The first kappa shape index (κ1) is 17.1. The van der Waals surface area contributed by atoms with Crippen LogP contribution < -0.4 is 5.32 Å². The van der Waals surface area contributed by atoms with E-state index in [1.165, 1.54) is 12.0 Å². The molecule has 1 aromatic heterocycles. The molecule has 1 saturated heterocycles. The zero-order chi connectivity index (χ0) is 18.3. The third kappa shape index (κ3) is 3.11. The summed E-state index contributed by atoms with van der Waals surface area (Å²) in [7, 11) is 0. The minimum Gasteiger partial charge on any atom is -0.363 e. The molecular weight excluding hydrogens is 324 g/mol. The highest BCUT2D eigenvalue weighted by molar-refractivity contribution is 5.99. The van der Waals surface area contributed by atoms with Crippen molar-refractivity contribution < 1.29 is 4.79 Å². The molecule has 0 aliphatic carbocycles. The minimum atomic E-state index is 0.109. The van der Waals surface area contributed by atoms with Crippen LogP contribution in [0.1, 0.15) is 61.6 Å². The summed E-state index contributed by atoms with van der Waals surface area (Å²) in [5, 5.41) is 8.11. The van der Waals surface area contributed by atoms with Crippen LogP contribution in [-0.2, 0) is 0 Å². The van der Waals surface area contributed by atoms with E-state index < -0.39 is 0 Å². The fourth-order valence-electron chi connectivity index (χ4n) is 4.57. The van der Waals surface area contributed by atoms with Crippen molar-refractivity contribution in [2.45, 2.75) is 45.7 Å². The van der Waals surface area contributed by atoms with Gasteiger partial charge in [0.1, 0.15) is 11.4 Å². The van der Waals surface area contributed by atoms with Gasteiger partial charge in [0.25, 0.3) is 5.91 Å². The summed E-state index contributed by atoms with van der Waals surface area (Å²) in [6, 6.07) is 10.9. The van der Waals surface area contributed by atoms with Crippen molar-refractivity contribution in [1.29, 1.82) is 0 Å². The Hall–Kier alpha value is -2.30. The molecule has 4 unspecified atom stereocenters. The van der Waals surface area contributed by atoms with Crippen molar-refractivity contribution in [3.8, 4) is 0 Å². The third-order valence-corrected chi connectivity index (χ3v) is 5.69. The Balaban J connectivity index is 1.62. The molecule has 5 nitrogen and oxygen atoms in total. The Morgan fingerprint density at radius 2 is 1.77 bits per heavy atom. The second-order valence-electron chi connectivity index (χ2n) is 8.20. The Bertz CT molecular complexity index is 775. The number of fused-ring (bicyclic) bond motifs is 1. The summed E-state index contributed by atoms with van der Waals surface area (Å²) in [5.74, 6) is 2.09. The van der Waals surface area contributed by atoms with Gasteiger partial charge in [-0.25, -0.2) is 4.68 Å². The lowest BCUT2D eigenvalue weighted by molar-refractivity contribution is 0.0624. The molecule has 4 rings (SSSR count). The lowest BCUT2D eigenvalue weighted by Gasteiger charge is -2.36. The zero-order valence-corrected chi connectivity index (χ0v) is 15.9. The highest BCUT2D eigenvalue weighted by Crippen LogP contribution is 2.37. The molecule has 1 amide bonds. The molecule has 1 aromatic carbocycles. The van der Waals surface area contributed by atoms with Crippen LogP contribution in [0, 0.1) is 11.8 Å². The van der Waals surface area contributed by atoms with E-state index in [0.717, 1.165) is 25.3 Å². The van der Waals surface area contributed by atoms with Crippen LogP contribution >= 0.6 is 0 Å². The molecule has 0 bridgehead atoms. The highest BCUT2D eigenvalue weighted by Gasteiger charge is 2.33. The van der Waals surface area contributed by atoms with Gasteiger partial charge in [-0.15, -0.1) is 0 Å². The SMILES string of the molecule is CC1CC(C)CN(C(=O)c2cnn3c2NC(c2ccccc2)CC3C)C1. The van der Waals surface area contributed by atoms with E-state index in [4.69, 9.17) is 0 Å². The predicted molar refractivity (Wildman–Crippen MR) is 103 cm³/mol. The smallest absolute Gasteiger partial charge is 0.259 e. The van der Waals surface area contributed by atoms with Crippen LogP contribution in [0.2, 0.25) is 0 Å². The molecule has 4 atom stereocenters. The number of nitrogens with one attached hydrogen (secondary N) is 1. The number of anilines is 1. The summed E-state index contributed by atoms with van der Waals surface area (Å²) in [6.45, 7) is 8.31. The standard InChI is InChI=1S/C21H28N4O/c1-14-9-15(2)13-24(12-14)21(26)18-11-22-25-16(3)10-19(23-20(18)25)17-7-5-4-6-8-17/h4-8,11,14-16,19,23H,9-10,12-13H2,1-3H3. The number of rotatable bonds is 2. The largest absolute Gasteiger partial charge is 0.363 e. The van der Waals surface area contributed by atoms with Gasteiger partial charge < -0.3 is 10.2 Å². The third-order valence-electron chi connectivity index (χ3n) is 5.69. The van der Waals surface area contributed by atoms with Gasteiger partial charge >= 0.3 is 0 Å². The van der Waals surface area contributed by atoms with Crippen LogP contribution in [0.5, 0.6) is 0 Å². The van der Waals surface area contributed by atoms with Crippen LogP contribution in [0.3, 0.4) is 0 Å². The lowest BCUT2D eigenvalue weighted by atomic mass is 9.91. The van der Waals surface area contributed by atoms with Crippen molar-refractivity contribution in [3.05, 3.63) is 47.7 Å². The van der Waals surface area contributed by atoms with Gasteiger partial charge in [0.2, 0.25) is 0 Å². The molecule has 1 N–H and O–H groups in total. The summed E-state index contributed by atoms with van der Waals surface area (Å²) < 4.78 is 1.98. The number of hydrogen-bond donors (Lipinski definition) is 1. The van der Waals surface area contributed by atoms with Crippen LogP contribution in [0.25, 0.3) is 0 Å². The molecule has 0 spiro atoms. The van der Waals surface area contributed by atoms with Crippen molar-refractivity contribution in [2.75, 3.05) is 18.4 Å². The first-order valence-corrected chi connectivity index (χ1v) is 9.71. The molecule has 2 aliphatic rings. The maximum atomic E-state index is 13.2. The van der Waals surface area contributed by atoms with E-state index in [9.17, 15) is 4.79 Å². The molecular formula is C21H28N4O. The maximum absolute atomic E-state index is 13.2. The van der Waals surface area contributed by atoms with Gasteiger partial charge in [0.15, 0.2) is 0 Å². The molecule has 0 radical (unpaired) electrons. The summed E-state index contributed by atoms with van der Waals surface area (Å²) >= 11 is 0. The number of aromatic nitrogens is 2. The summed E-state index contributed by atoms with van der Waals surface area (Å²) in [6.07, 6.45) is 3.91. The molecule has 0 saturated carbocycles. The number of amides is 1. The fraction of sp³-hybridized carbons (Fsp3) is 0.524. The molecule has 2 aromatic rings. The summed E-state index contributed by atoms with van der Waals surface area (Å²) in [5.41, 5.74) is 1.96. The Morgan fingerprint density at radius 3 is 2.46 bits per heavy atom. The van der Waals surface area contributed by atoms with Gasteiger partial charge in [-0.2, -0.15) is 5.10 Å². The second kappa shape index (κ2) is 6.78. The number of carbonyl (C=O) groups excluding carboxylic acids is 1. The Labute approximate surface area is 155 Å². The predicted octanol–water partition coefficient (Wildman–Crippen LogP) is 4.12. The average molecular weight is 352 g/mol. The first-order chi connectivity index (χ1) is 12.5.